The highest BCUT2D eigenvalue weighted by atomic mass is 19.1. The monoisotopic (exact) mass is 438 g/mol. The van der Waals surface area contributed by atoms with Gasteiger partial charge in [-0.1, -0.05) is 0 Å². The van der Waals surface area contributed by atoms with Gasteiger partial charge < -0.3 is 14.2 Å². The SMILES string of the molecule is Cc1cc2c(-c3ccc(F)cc3F)nc(N3CCOCC3)nc2nc1C.Cn1ccnc1. The quantitative estimate of drug-likeness (QED) is 0.474. The molecular weight excluding hydrogens is 414 g/mol. The van der Waals surface area contributed by atoms with Gasteiger partial charge in [-0.25, -0.2) is 23.7 Å². The first kappa shape index (κ1) is 21.8. The first-order valence-electron chi connectivity index (χ1n) is 10.3. The van der Waals surface area contributed by atoms with Gasteiger partial charge in [0, 0.05) is 55.2 Å². The van der Waals surface area contributed by atoms with Crippen LogP contribution in [0.3, 0.4) is 0 Å². The molecule has 0 saturated carbocycles. The molecule has 1 saturated heterocycles. The van der Waals surface area contributed by atoms with E-state index in [9.17, 15) is 8.78 Å². The van der Waals surface area contributed by atoms with Gasteiger partial charge in [0.25, 0.3) is 0 Å². The van der Waals surface area contributed by atoms with Crippen molar-refractivity contribution in [2.45, 2.75) is 13.8 Å². The van der Waals surface area contributed by atoms with Crippen molar-refractivity contribution in [1.82, 2.24) is 24.5 Å². The fourth-order valence-corrected chi connectivity index (χ4v) is 3.35. The van der Waals surface area contributed by atoms with Crippen molar-refractivity contribution in [3.63, 3.8) is 0 Å². The van der Waals surface area contributed by atoms with Gasteiger partial charge in [-0.05, 0) is 37.6 Å². The second-order valence-corrected chi connectivity index (χ2v) is 7.59. The van der Waals surface area contributed by atoms with Crippen LogP contribution >= 0.6 is 0 Å². The Morgan fingerprint density at radius 3 is 2.41 bits per heavy atom. The lowest BCUT2D eigenvalue weighted by molar-refractivity contribution is 0.122. The zero-order chi connectivity index (χ0) is 22.7. The third kappa shape index (κ3) is 4.72. The standard InChI is InChI=1S/C19H18F2N4O.C4H6N2/c1-11-9-15-17(14-4-3-13(20)10-16(14)21)23-19(24-18(15)22-12(11)2)25-5-7-26-8-6-25;1-6-3-2-5-4-6/h3-4,9-10H,5-8H2,1-2H3;2-4H,1H3. The predicted octanol–water partition coefficient (Wildman–Crippen LogP) is 3.84. The molecule has 0 atom stereocenters. The number of aryl methyl sites for hydroxylation is 3. The molecule has 4 aromatic rings. The third-order valence-corrected chi connectivity index (χ3v) is 5.24. The number of imidazole rings is 1. The zero-order valence-electron chi connectivity index (χ0n) is 18.2. The van der Waals surface area contributed by atoms with Gasteiger partial charge in [-0.3, -0.25) is 0 Å². The van der Waals surface area contributed by atoms with Crippen LogP contribution in [0.25, 0.3) is 22.3 Å². The number of nitrogens with zero attached hydrogens (tertiary/aromatic N) is 6. The molecule has 0 radical (unpaired) electrons. The van der Waals surface area contributed by atoms with Crippen LogP contribution in [0, 0.1) is 25.5 Å². The van der Waals surface area contributed by atoms with E-state index in [1.807, 2.05) is 42.6 Å². The Kier molecular flexibility index (Phi) is 6.36. The lowest BCUT2D eigenvalue weighted by Gasteiger charge is -2.27. The lowest BCUT2D eigenvalue weighted by Crippen LogP contribution is -2.37. The largest absolute Gasteiger partial charge is 0.378 e. The number of halogens is 2. The second-order valence-electron chi connectivity index (χ2n) is 7.59. The van der Waals surface area contributed by atoms with Crippen LogP contribution < -0.4 is 4.90 Å². The molecule has 3 aromatic heterocycles. The van der Waals surface area contributed by atoms with Gasteiger partial charge in [0.05, 0.1) is 25.2 Å². The van der Waals surface area contributed by atoms with Crippen LogP contribution in [0.4, 0.5) is 14.7 Å². The number of hydrogen-bond donors (Lipinski definition) is 0. The Morgan fingerprint density at radius 1 is 1.00 bits per heavy atom. The van der Waals surface area contributed by atoms with E-state index < -0.39 is 11.6 Å². The molecule has 0 N–H and O–H groups in total. The molecule has 166 valence electrons. The topological polar surface area (TPSA) is 69.0 Å². The lowest BCUT2D eigenvalue weighted by atomic mass is 10.1. The molecule has 0 amide bonds. The van der Waals surface area contributed by atoms with Crippen LogP contribution in [0.15, 0.2) is 43.0 Å². The summed E-state index contributed by atoms with van der Waals surface area (Å²) in [7, 11) is 1.94. The molecule has 4 heterocycles. The molecule has 32 heavy (non-hydrogen) atoms. The van der Waals surface area contributed by atoms with E-state index in [1.165, 1.54) is 12.1 Å². The Bertz CT molecular complexity index is 1220. The zero-order valence-corrected chi connectivity index (χ0v) is 18.2. The number of fused-ring (bicyclic) bond motifs is 1. The van der Waals surface area contributed by atoms with E-state index in [4.69, 9.17) is 4.74 Å². The molecule has 9 heteroatoms. The summed E-state index contributed by atoms with van der Waals surface area (Å²) in [6.07, 6.45) is 5.39. The molecule has 0 aliphatic carbocycles. The number of morpholine rings is 1. The summed E-state index contributed by atoms with van der Waals surface area (Å²) in [6.45, 7) is 6.32. The van der Waals surface area contributed by atoms with Crippen LogP contribution in [-0.2, 0) is 11.8 Å². The minimum absolute atomic E-state index is 0.235. The summed E-state index contributed by atoms with van der Waals surface area (Å²) in [6, 6.07) is 5.41. The highest BCUT2D eigenvalue weighted by Crippen LogP contribution is 2.31. The minimum Gasteiger partial charge on any atom is -0.378 e. The van der Waals surface area contributed by atoms with Crippen molar-refractivity contribution in [3.8, 4) is 11.3 Å². The van der Waals surface area contributed by atoms with Crippen LogP contribution in [0.5, 0.6) is 0 Å². The fourth-order valence-electron chi connectivity index (χ4n) is 3.35. The molecule has 1 aromatic carbocycles. The molecule has 1 aliphatic heterocycles. The average Bonchev–Trinajstić information content (AvgIpc) is 3.26. The van der Waals surface area contributed by atoms with E-state index in [0.717, 1.165) is 17.3 Å². The maximum absolute atomic E-state index is 14.5. The first-order valence-corrected chi connectivity index (χ1v) is 10.3. The number of hydrogen-bond acceptors (Lipinski definition) is 6. The summed E-state index contributed by atoms with van der Waals surface area (Å²) >= 11 is 0. The molecule has 1 fully saturated rings. The molecule has 0 unspecified atom stereocenters. The number of ether oxygens (including phenoxy) is 1. The van der Waals surface area contributed by atoms with Gasteiger partial charge in [0.2, 0.25) is 5.95 Å². The second kappa shape index (κ2) is 9.35. The van der Waals surface area contributed by atoms with E-state index >= 15 is 0 Å². The van der Waals surface area contributed by atoms with Crippen LogP contribution in [0.2, 0.25) is 0 Å². The van der Waals surface area contributed by atoms with Gasteiger partial charge >= 0.3 is 0 Å². The van der Waals surface area contributed by atoms with E-state index in [2.05, 4.69) is 19.9 Å². The Morgan fingerprint density at radius 2 is 1.78 bits per heavy atom. The summed E-state index contributed by atoms with van der Waals surface area (Å²) in [4.78, 5) is 19.5. The van der Waals surface area contributed by atoms with Gasteiger partial charge in [0.15, 0.2) is 5.65 Å². The number of rotatable bonds is 2. The number of benzene rings is 1. The number of pyridine rings is 1. The van der Waals surface area contributed by atoms with Crippen LogP contribution in [0.1, 0.15) is 11.3 Å². The predicted molar refractivity (Wildman–Crippen MR) is 118 cm³/mol. The number of aromatic nitrogens is 5. The van der Waals surface area contributed by atoms with Crippen molar-refractivity contribution < 1.29 is 13.5 Å². The van der Waals surface area contributed by atoms with Crippen molar-refractivity contribution in [1.29, 1.82) is 0 Å². The Balaban J connectivity index is 0.000000354. The molecule has 7 nitrogen and oxygen atoms in total. The van der Waals surface area contributed by atoms with Crippen LogP contribution in [-0.4, -0.2) is 50.8 Å². The highest BCUT2D eigenvalue weighted by Gasteiger charge is 2.20. The number of anilines is 1. The smallest absolute Gasteiger partial charge is 0.228 e. The third-order valence-electron chi connectivity index (χ3n) is 5.24. The maximum Gasteiger partial charge on any atom is 0.228 e. The minimum atomic E-state index is -0.656. The van der Waals surface area contributed by atoms with E-state index in [0.29, 0.717) is 49.0 Å². The van der Waals surface area contributed by atoms with Crippen molar-refractivity contribution in [2.24, 2.45) is 7.05 Å². The average molecular weight is 438 g/mol. The first-order chi connectivity index (χ1) is 15.4. The van der Waals surface area contributed by atoms with Gasteiger partial charge in [-0.15, -0.1) is 0 Å². The fraction of sp³-hybridized carbons (Fsp3) is 0.304. The molecule has 0 spiro atoms. The molecule has 1 aliphatic rings. The van der Waals surface area contributed by atoms with Crippen molar-refractivity contribution in [2.75, 3.05) is 31.2 Å². The Hall–Kier alpha value is -3.46. The van der Waals surface area contributed by atoms with Gasteiger partial charge in [-0.2, -0.15) is 4.98 Å². The summed E-state index contributed by atoms with van der Waals surface area (Å²) in [5.74, 6) is -0.797. The highest BCUT2D eigenvalue weighted by molar-refractivity contribution is 5.92. The molecular formula is C23H24F2N6O. The van der Waals surface area contributed by atoms with Crippen molar-refractivity contribution in [3.05, 3.63) is 65.9 Å². The van der Waals surface area contributed by atoms with E-state index in [-0.39, 0.29) is 5.56 Å². The summed E-state index contributed by atoms with van der Waals surface area (Å²) in [5, 5.41) is 0.649. The summed E-state index contributed by atoms with van der Waals surface area (Å²) < 4.78 is 35.1. The van der Waals surface area contributed by atoms with Crippen molar-refractivity contribution >= 4 is 17.0 Å². The Labute approximate surface area is 184 Å². The molecule has 5 rings (SSSR count). The summed E-state index contributed by atoms with van der Waals surface area (Å²) in [5.41, 5.74) is 2.98. The maximum atomic E-state index is 14.5. The normalized spacial score (nSPS) is 13.7. The van der Waals surface area contributed by atoms with E-state index in [1.54, 1.807) is 12.5 Å². The molecule has 0 bridgehead atoms. The van der Waals surface area contributed by atoms with Gasteiger partial charge in [0.1, 0.15) is 11.6 Å².